The molecule has 1 saturated carbocycles. The Balaban J connectivity index is 1.59. The maximum Gasteiger partial charge on any atom is 0.0506 e. The van der Waals surface area contributed by atoms with Gasteiger partial charge < -0.3 is 10.6 Å². The highest BCUT2D eigenvalue weighted by Gasteiger charge is 2.40. The molecular weight excluding hydrogens is 248 g/mol. The van der Waals surface area contributed by atoms with E-state index in [-0.39, 0.29) is 0 Å². The predicted octanol–water partition coefficient (Wildman–Crippen LogP) is 1.32. The van der Waals surface area contributed by atoms with E-state index in [1.54, 1.807) is 0 Å². The van der Waals surface area contributed by atoms with Gasteiger partial charge in [0.15, 0.2) is 0 Å². The molecule has 4 nitrogen and oxygen atoms in total. The van der Waals surface area contributed by atoms with E-state index in [1.807, 2.05) is 0 Å². The summed E-state index contributed by atoms with van der Waals surface area (Å²) in [7, 11) is 2.18. The molecule has 0 spiro atoms. The van der Waals surface area contributed by atoms with Gasteiger partial charge in [0.1, 0.15) is 0 Å². The first kappa shape index (κ1) is 12.6. The number of nitrogens with zero attached hydrogens (tertiary/aromatic N) is 1. The number of rotatable bonds is 1. The standard InChI is InChI=1S/C16H24N4/c1-20-7-6-10-8-11(2-5-15(10)20)16-13-4-3-12(17)9-14(13)18-19-16/h2,5,8,12-14,16,18-19H,3-4,6-7,9,17H2,1H3. The molecule has 3 aliphatic rings. The van der Waals surface area contributed by atoms with Crippen LogP contribution in [-0.4, -0.2) is 25.7 Å². The van der Waals surface area contributed by atoms with Crippen molar-refractivity contribution in [2.45, 2.75) is 43.8 Å². The Hall–Kier alpha value is -1.10. The van der Waals surface area contributed by atoms with Gasteiger partial charge in [-0.1, -0.05) is 12.1 Å². The second-order valence-corrected chi connectivity index (χ2v) is 6.67. The Kier molecular flexibility index (Phi) is 2.98. The van der Waals surface area contributed by atoms with E-state index in [0.717, 1.165) is 19.4 Å². The van der Waals surface area contributed by atoms with Crippen LogP contribution in [0.5, 0.6) is 0 Å². The van der Waals surface area contributed by atoms with E-state index in [0.29, 0.717) is 24.0 Å². The second-order valence-electron chi connectivity index (χ2n) is 6.67. The highest BCUT2D eigenvalue weighted by Crippen LogP contribution is 2.39. The number of nitrogens with two attached hydrogens (primary N) is 1. The van der Waals surface area contributed by atoms with Gasteiger partial charge in [-0.3, -0.25) is 5.43 Å². The molecule has 4 atom stereocenters. The van der Waals surface area contributed by atoms with Crippen molar-refractivity contribution in [1.29, 1.82) is 0 Å². The molecule has 0 amide bonds. The number of hydrogen-bond acceptors (Lipinski definition) is 4. The first-order chi connectivity index (χ1) is 9.72. The number of benzene rings is 1. The molecule has 1 aromatic carbocycles. The van der Waals surface area contributed by atoms with Crippen LogP contribution in [0.25, 0.3) is 0 Å². The van der Waals surface area contributed by atoms with Gasteiger partial charge >= 0.3 is 0 Å². The highest BCUT2D eigenvalue weighted by molar-refractivity contribution is 5.58. The molecule has 0 radical (unpaired) electrons. The third-order valence-electron chi connectivity index (χ3n) is 5.39. The summed E-state index contributed by atoms with van der Waals surface area (Å²) in [5.41, 5.74) is 17.4. The highest BCUT2D eigenvalue weighted by atomic mass is 15.4. The zero-order valence-corrected chi connectivity index (χ0v) is 12.1. The van der Waals surface area contributed by atoms with Crippen LogP contribution in [0.1, 0.15) is 36.4 Å². The SMILES string of the molecule is CN1CCc2cc(C3NNC4CC(N)CCC43)ccc21. The van der Waals surface area contributed by atoms with Crippen LogP contribution in [0.2, 0.25) is 0 Å². The molecule has 2 aliphatic heterocycles. The molecule has 2 heterocycles. The van der Waals surface area contributed by atoms with Gasteiger partial charge in [0.25, 0.3) is 0 Å². The maximum atomic E-state index is 6.09. The smallest absolute Gasteiger partial charge is 0.0506 e. The fraction of sp³-hybridized carbons (Fsp3) is 0.625. The van der Waals surface area contributed by atoms with Crippen molar-refractivity contribution in [2.75, 3.05) is 18.5 Å². The Morgan fingerprint density at radius 1 is 1.25 bits per heavy atom. The summed E-state index contributed by atoms with van der Waals surface area (Å²) in [6, 6.07) is 8.37. The van der Waals surface area contributed by atoms with Gasteiger partial charge in [0, 0.05) is 31.4 Å². The summed E-state index contributed by atoms with van der Waals surface area (Å²) in [5.74, 6) is 0.687. The third kappa shape index (κ3) is 1.94. The van der Waals surface area contributed by atoms with Crippen molar-refractivity contribution >= 4 is 5.69 Å². The van der Waals surface area contributed by atoms with Gasteiger partial charge in [0.2, 0.25) is 0 Å². The van der Waals surface area contributed by atoms with Gasteiger partial charge in [-0.2, -0.15) is 0 Å². The minimum atomic E-state index is 0.373. The molecule has 4 unspecified atom stereocenters. The summed E-state index contributed by atoms with van der Waals surface area (Å²) in [6.45, 7) is 1.15. The lowest BCUT2D eigenvalue weighted by Crippen LogP contribution is -2.41. The van der Waals surface area contributed by atoms with E-state index in [9.17, 15) is 0 Å². The van der Waals surface area contributed by atoms with Crippen molar-refractivity contribution in [3.05, 3.63) is 29.3 Å². The van der Waals surface area contributed by atoms with Gasteiger partial charge in [-0.05, 0) is 48.8 Å². The Morgan fingerprint density at radius 2 is 2.15 bits per heavy atom. The summed E-state index contributed by atoms with van der Waals surface area (Å²) in [5, 5.41) is 0. The van der Waals surface area contributed by atoms with Crippen LogP contribution in [0, 0.1) is 5.92 Å². The van der Waals surface area contributed by atoms with Crippen molar-refractivity contribution in [3.8, 4) is 0 Å². The summed E-state index contributed by atoms with van der Waals surface area (Å²) < 4.78 is 0. The van der Waals surface area contributed by atoms with Gasteiger partial charge in [0.05, 0.1) is 6.04 Å². The molecular formula is C16H24N4. The molecule has 2 fully saturated rings. The zero-order chi connectivity index (χ0) is 13.7. The number of hydrazine groups is 1. The van der Waals surface area contributed by atoms with Gasteiger partial charge in [-0.25, -0.2) is 5.43 Å². The molecule has 0 aromatic heterocycles. The zero-order valence-electron chi connectivity index (χ0n) is 12.1. The van der Waals surface area contributed by atoms with Crippen molar-refractivity contribution in [1.82, 2.24) is 10.9 Å². The molecule has 4 N–H and O–H groups in total. The Labute approximate surface area is 120 Å². The van der Waals surface area contributed by atoms with Crippen LogP contribution in [0.3, 0.4) is 0 Å². The van der Waals surface area contributed by atoms with E-state index in [1.165, 1.54) is 29.7 Å². The average Bonchev–Trinajstić information content (AvgIpc) is 3.02. The molecule has 108 valence electrons. The van der Waals surface area contributed by atoms with Crippen molar-refractivity contribution < 1.29 is 0 Å². The van der Waals surface area contributed by atoms with Crippen LogP contribution in [0.15, 0.2) is 18.2 Å². The predicted molar refractivity (Wildman–Crippen MR) is 81.5 cm³/mol. The van der Waals surface area contributed by atoms with Crippen LogP contribution in [0.4, 0.5) is 5.69 Å². The minimum Gasteiger partial charge on any atom is -0.374 e. The quantitative estimate of drug-likeness (QED) is 0.722. The largest absolute Gasteiger partial charge is 0.374 e. The molecule has 1 saturated heterocycles. The van der Waals surface area contributed by atoms with E-state index in [4.69, 9.17) is 5.73 Å². The molecule has 1 aliphatic carbocycles. The molecule has 20 heavy (non-hydrogen) atoms. The monoisotopic (exact) mass is 272 g/mol. The molecule has 4 heteroatoms. The number of hydrogen-bond donors (Lipinski definition) is 3. The Morgan fingerprint density at radius 3 is 3.05 bits per heavy atom. The van der Waals surface area contributed by atoms with E-state index in [2.05, 4.69) is 41.0 Å². The van der Waals surface area contributed by atoms with Crippen molar-refractivity contribution in [3.63, 3.8) is 0 Å². The summed E-state index contributed by atoms with van der Waals surface area (Å²) in [4.78, 5) is 2.35. The lowest BCUT2D eigenvalue weighted by Gasteiger charge is -2.31. The fourth-order valence-corrected chi connectivity index (χ4v) is 4.21. The topological polar surface area (TPSA) is 53.3 Å². The Bertz CT molecular complexity index is 515. The van der Waals surface area contributed by atoms with Gasteiger partial charge in [-0.15, -0.1) is 0 Å². The van der Waals surface area contributed by atoms with Crippen LogP contribution < -0.4 is 21.5 Å². The number of anilines is 1. The number of nitrogens with one attached hydrogen (secondary N) is 2. The lowest BCUT2D eigenvalue weighted by molar-refractivity contribution is 0.281. The van der Waals surface area contributed by atoms with Crippen molar-refractivity contribution in [2.24, 2.45) is 11.7 Å². The van der Waals surface area contributed by atoms with E-state index < -0.39 is 0 Å². The first-order valence-corrected chi connectivity index (χ1v) is 7.83. The third-order valence-corrected chi connectivity index (χ3v) is 5.39. The normalized spacial score (nSPS) is 36.0. The number of fused-ring (bicyclic) bond motifs is 2. The second kappa shape index (κ2) is 4.72. The fourth-order valence-electron chi connectivity index (χ4n) is 4.21. The average molecular weight is 272 g/mol. The lowest BCUT2D eigenvalue weighted by atomic mass is 9.77. The molecule has 4 rings (SSSR count). The maximum absolute atomic E-state index is 6.09. The van der Waals surface area contributed by atoms with Crippen LogP contribution >= 0.6 is 0 Å². The number of likely N-dealkylation sites (N-methyl/N-ethyl adjacent to an activating group) is 1. The van der Waals surface area contributed by atoms with Crippen LogP contribution in [-0.2, 0) is 6.42 Å². The molecule has 0 bridgehead atoms. The summed E-state index contributed by atoms with van der Waals surface area (Å²) >= 11 is 0. The minimum absolute atomic E-state index is 0.373. The van der Waals surface area contributed by atoms with E-state index >= 15 is 0 Å². The first-order valence-electron chi connectivity index (χ1n) is 7.83. The molecule has 1 aromatic rings. The summed E-state index contributed by atoms with van der Waals surface area (Å²) in [6.07, 6.45) is 4.67.